The van der Waals surface area contributed by atoms with E-state index in [1.54, 1.807) is 12.1 Å². The zero-order valence-corrected chi connectivity index (χ0v) is 11.3. The van der Waals surface area contributed by atoms with Crippen LogP contribution in [-0.2, 0) is 20.6 Å². The van der Waals surface area contributed by atoms with Crippen LogP contribution in [0.5, 0.6) is 0 Å². The third kappa shape index (κ3) is 2.85. The first-order chi connectivity index (χ1) is 8.99. The lowest BCUT2D eigenvalue weighted by Gasteiger charge is -2.08. The Kier molecular flexibility index (Phi) is 3.71. The molecule has 0 aliphatic rings. The maximum absolute atomic E-state index is 11.8. The summed E-state index contributed by atoms with van der Waals surface area (Å²) in [4.78, 5) is 23.3. The van der Waals surface area contributed by atoms with Gasteiger partial charge in [-0.25, -0.2) is 9.48 Å². The Labute approximate surface area is 114 Å². The average molecular weight is 281 g/mol. The molecule has 19 heavy (non-hydrogen) atoms. The van der Waals surface area contributed by atoms with Gasteiger partial charge in [0, 0.05) is 25.7 Å². The fourth-order valence-electron chi connectivity index (χ4n) is 1.60. The van der Waals surface area contributed by atoms with E-state index in [0.717, 1.165) is 14.8 Å². The van der Waals surface area contributed by atoms with E-state index in [1.165, 1.54) is 14.1 Å². The molecule has 0 spiro atoms. The third-order valence-corrected chi connectivity index (χ3v) is 2.95. The van der Waals surface area contributed by atoms with Gasteiger partial charge in [0.25, 0.3) is 5.56 Å². The third-order valence-electron chi connectivity index (χ3n) is 2.69. The average Bonchev–Trinajstić information content (AvgIpc) is 2.41. The highest BCUT2D eigenvalue weighted by Gasteiger charge is 2.07. The second-order valence-corrected chi connectivity index (χ2v) is 4.54. The SMILES string of the molecule is Cn1nc(NCc2ccc(Cl)cc2)c(=O)n(C)c1=O. The molecule has 100 valence electrons. The summed E-state index contributed by atoms with van der Waals surface area (Å²) in [6, 6.07) is 7.24. The number of aromatic nitrogens is 3. The Balaban J connectivity index is 2.23. The lowest BCUT2D eigenvalue weighted by atomic mass is 10.2. The van der Waals surface area contributed by atoms with Crippen LogP contribution in [0.3, 0.4) is 0 Å². The van der Waals surface area contributed by atoms with Crippen LogP contribution in [-0.4, -0.2) is 14.3 Å². The van der Waals surface area contributed by atoms with Crippen molar-refractivity contribution in [2.45, 2.75) is 6.54 Å². The maximum Gasteiger partial charge on any atom is 0.346 e. The van der Waals surface area contributed by atoms with E-state index in [4.69, 9.17) is 11.6 Å². The Morgan fingerprint density at radius 2 is 1.84 bits per heavy atom. The first kappa shape index (κ1) is 13.4. The Hall–Kier alpha value is -2.08. The van der Waals surface area contributed by atoms with E-state index in [1.807, 2.05) is 12.1 Å². The van der Waals surface area contributed by atoms with Crippen LogP contribution in [0.15, 0.2) is 33.9 Å². The number of benzene rings is 1. The van der Waals surface area contributed by atoms with Gasteiger partial charge in [-0.05, 0) is 17.7 Å². The molecule has 6 nitrogen and oxygen atoms in total. The highest BCUT2D eigenvalue weighted by atomic mass is 35.5. The minimum atomic E-state index is -0.456. The van der Waals surface area contributed by atoms with Gasteiger partial charge in [0.05, 0.1) is 0 Å². The number of halogens is 1. The summed E-state index contributed by atoms with van der Waals surface area (Å²) >= 11 is 5.79. The zero-order valence-electron chi connectivity index (χ0n) is 10.6. The van der Waals surface area contributed by atoms with E-state index in [0.29, 0.717) is 11.6 Å². The van der Waals surface area contributed by atoms with Crippen molar-refractivity contribution in [3.05, 3.63) is 55.7 Å². The molecule has 0 aliphatic heterocycles. The molecule has 1 aromatic carbocycles. The summed E-state index contributed by atoms with van der Waals surface area (Å²) in [7, 11) is 2.91. The minimum Gasteiger partial charge on any atom is -0.360 e. The second-order valence-electron chi connectivity index (χ2n) is 4.10. The van der Waals surface area contributed by atoms with Gasteiger partial charge in [0.1, 0.15) is 0 Å². The maximum atomic E-state index is 11.8. The molecular weight excluding hydrogens is 268 g/mol. The minimum absolute atomic E-state index is 0.138. The van der Waals surface area contributed by atoms with Gasteiger partial charge in [-0.1, -0.05) is 23.7 Å². The molecule has 7 heteroatoms. The highest BCUT2D eigenvalue weighted by molar-refractivity contribution is 6.30. The van der Waals surface area contributed by atoms with Crippen LogP contribution in [0, 0.1) is 0 Å². The fourth-order valence-corrected chi connectivity index (χ4v) is 1.72. The van der Waals surface area contributed by atoms with Crippen molar-refractivity contribution < 1.29 is 0 Å². The summed E-state index contributed by atoms with van der Waals surface area (Å²) in [6.45, 7) is 0.428. The van der Waals surface area contributed by atoms with Crippen LogP contribution in [0.2, 0.25) is 5.02 Å². The molecule has 0 saturated heterocycles. The summed E-state index contributed by atoms with van der Waals surface area (Å²) in [5, 5.41) is 7.46. The van der Waals surface area contributed by atoms with E-state index >= 15 is 0 Å². The molecule has 0 aliphatic carbocycles. The first-order valence-corrected chi connectivity index (χ1v) is 5.99. The molecule has 0 saturated carbocycles. The number of nitrogens with zero attached hydrogens (tertiary/aromatic N) is 3. The molecule has 0 radical (unpaired) electrons. The van der Waals surface area contributed by atoms with Gasteiger partial charge in [0.15, 0.2) is 0 Å². The molecule has 1 heterocycles. The lowest BCUT2D eigenvalue weighted by Crippen LogP contribution is -2.39. The van der Waals surface area contributed by atoms with Crippen molar-refractivity contribution in [2.24, 2.45) is 14.1 Å². The smallest absolute Gasteiger partial charge is 0.346 e. The quantitative estimate of drug-likeness (QED) is 0.901. The number of hydrogen-bond acceptors (Lipinski definition) is 4. The van der Waals surface area contributed by atoms with Gasteiger partial charge in [0.2, 0.25) is 5.82 Å². The summed E-state index contributed by atoms with van der Waals surface area (Å²) in [5.41, 5.74) is 0.0567. The normalized spacial score (nSPS) is 10.5. The molecule has 0 fully saturated rings. The van der Waals surface area contributed by atoms with Crippen LogP contribution in [0.1, 0.15) is 5.56 Å². The topological polar surface area (TPSA) is 68.9 Å². The van der Waals surface area contributed by atoms with Crippen LogP contribution in [0.4, 0.5) is 5.82 Å². The lowest BCUT2D eigenvalue weighted by molar-refractivity contribution is 0.604. The molecule has 1 N–H and O–H groups in total. The van der Waals surface area contributed by atoms with E-state index in [-0.39, 0.29) is 5.82 Å². The Morgan fingerprint density at radius 1 is 1.21 bits per heavy atom. The van der Waals surface area contributed by atoms with Crippen molar-refractivity contribution in [1.82, 2.24) is 14.3 Å². The van der Waals surface area contributed by atoms with E-state index < -0.39 is 11.2 Å². The van der Waals surface area contributed by atoms with Crippen molar-refractivity contribution in [1.29, 1.82) is 0 Å². The molecule has 0 amide bonds. The largest absolute Gasteiger partial charge is 0.360 e. The number of rotatable bonds is 3. The van der Waals surface area contributed by atoms with E-state index in [2.05, 4.69) is 10.4 Å². The standard InChI is InChI=1S/C12H13ClN4O2/c1-16-11(18)10(15-17(2)12(16)19)14-7-8-3-5-9(13)6-4-8/h3-6H,7H2,1-2H3,(H,14,15). The van der Waals surface area contributed by atoms with E-state index in [9.17, 15) is 9.59 Å². The Bertz CT molecular complexity index is 703. The summed E-state index contributed by atoms with van der Waals surface area (Å²) in [5.74, 6) is 0.138. The molecule has 0 unspecified atom stereocenters. The number of hydrogen-bond donors (Lipinski definition) is 1. The van der Waals surface area contributed by atoms with Gasteiger partial charge in [-0.3, -0.25) is 9.36 Å². The summed E-state index contributed by atoms with van der Waals surface area (Å²) < 4.78 is 2.13. The number of nitrogens with one attached hydrogen (secondary N) is 1. The second kappa shape index (κ2) is 5.27. The van der Waals surface area contributed by atoms with Crippen molar-refractivity contribution in [3.63, 3.8) is 0 Å². The van der Waals surface area contributed by atoms with Crippen molar-refractivity contribution in [2.75, 3.05) is 5.32 Å². The number of aryl methyl sites for hydroxylation is 1. The predicted molar refractivity (Wildman–Crippen MR) is 73.5 cm³/mol. The molecule has 1 aromatic heterocycles. The van der Waals surface area contributed by atoms with Crippen LogP contribution in [0.25, 0.3) is 0 Å². The first-order valence-electron chi connectivity index (χ1n) is 5.61. The number of anilines is 1. The molecule has 0 bridgehead atoms. The molecule has 2 rings (SSSR count). The highest BCUT2D eigenvalue weighted by Crippen LogP contribution is 2.10. The fraction of sp³-hybridized carbons (Fsp3) is 0.250. The van der Waals surface area contributed by atoms with Crippen LogP contribution >= 0.6 is 11.6 Å². The van der Waals surface area contributed by atoms with Crippen molar-refractivity contribution in [3.8, 4) is 0 Å². The monoisotopic (exact) mass is 280 g/mol. The molecule has 0 atom stereocenters. The zero-order chi connectivity index (χ0) is 14.0. The molecule has 2 aromatic rings. The van der Waals surface area contributed by atoms with Gasteiger partial charge < -0.3 is 5.32 Å². The van der Waals surface area contributed by atoms with Crippen LogP contribution < -0.4 is 16.6 Å². The summed E-state index contributed by atoms with van der Waals surface area (Å²) in [6.07, 6.45) is 0. The van der Waals surface area contributed by atoms with Gasteiger partial charge in [-0.15, -0.1) is 5.10 Å². The molecular formula is C12H13ClN4O2. The Morgan fingerprint density at radius 3 is 2.47 bits per heavy atom. The van der Waals surface area contributed by atoms with Gasteiger partial charge >= 0.3 is 5.69 Å². The van der Waals surface area contributed by atoms with Gasteiger partial charge in [-0.2, -0.15) is 0 Å². The van der Waals surface area contributed by atoms with Crippen molar-refractivity contribution >= 4 is 17.4 Å². The predicted octanol–water partition coefficient (Wildman–Crippen LogP) is 0.744.